The summed E-state index contributed by atoms with van der Waals surface area (Å²) in [5.74, 6) is -0.216. The van der Waals surface area contributed by atoms with Crippen molar-refractivity contribution in [3.05, 3.63) is 35.1 Å². The monoisotopic (exact) mass is 320 g/mol. The molecule has 1 unspecified atom stereocenters. The van der Waals surface area contributed by atoms with Crippen LogP contribution in [0.15, 0.2) is 18.2 Å². The molecule has 2 amide bonds. The van der Waals surface area contributed by atoms with E-state index in [2.05, 4.69) is 12.2 Å². The second-order valence-corrected chi connectivity index (χ2v) is 6.88. The normalized spacial score (nSPS) is 22.7. The fraction of sp³-hybridized carbons (Fsp3) is 0.611. The number of benzene rings is 1. The van der Waals surface area contributed by atoms with E-state index in [1.807, 2.05) is 4.90 Å². The third kappa shape index (κ3) is 3.20. The highest BCUT2D eigenvalue weighted by Gasteiger charge is 2.35. The molecule has 2 N–H and O–H groups in total. The molecule has 23 heavy (non-hydrogen) atoms. The molecule has 1 fully saturated rings. The number of piperidine rings is 1. The number of halogens is 1. The summed E-state index contributed by atoms with van der Waals surface area (Å²) in [7, 11) is 0. The van der Waals surface area contributed by atoms with Crippen molar-refractivity contribution in [2.45, 2.75) is 45.1 Å². The van der Waals surface area contributed by atoms with Gasteiger partial charge in [-0.2, -0.15) is 0 Å². The number of fused-ring (bicyclic) bond motifs is 1. The lowest BCUT2D eigenvalue weighted by Crippen LogP contribution is -2.48. The molecule has 0 bridgehead atoms. The Hall–Kier alpha value is -1.62. The Morgan fingerprint density at radius 3 is 2.83 bits per heavy atom. The Kier molecular flexibility index (Phi) is 4.57. The number of rotatable bonds is 3. The molecule has 1 heterocycles. The number of aryl methyl sites for hydroxylation is 1. The van der Waals surface area contributed by atoms with Crippen LogP contribution in [-0.2, 0) is 6.42 Å². The van der Waals surface area contributed by atoms with Gasteiger partial charge in [0.1, 0.15) is 5.82 Å². The van der Waals surface area contributed by atoms with Gasteiger partial charge in [0.05, 0.1) is 6.04 Å². The first-order chi connectivity index (χ1) is 11.1. The SMILES string of the molecule is CCC1(CO)CCN(C(=O)NC2CCc3cc(F)ccc32)CC1. The van der Waals surface area contributed by atoms with E-state index in [0.717, 1.165) is 43.2 Å². The summed E-state index contributed by atoms with van der Waals surface area (Å²) in [5, 5.41) is 12.7. The molecule has 1 aliphatic carbocycles. The van der Waals surface area contributed by atoms with Crippen molar-refractivity contribution < 1.29 is 14.3 Å². The molecule has 1 aliphatic heterocycles. The molecule has 2 aliphatic rings. The van der Waals surface area contributed by atoms with Crippen LogP contribution >= 0.6 is 0 Å². The third-order valence-corrected chi connectivity index (χ3v) is 5.68. The Morgan fingerprint density at radius 1 is 1.43 bits per heavy atom. The van der Waals surface area contributed by atoms with Gasteiger partial charge < -0.3 is 15.3 Å². The van der Waals surface area contributed by atoms with Gasteiger partial charge in [-0.25, -0.2) is 9.18 Å². The number of carbonyl (C=O) groups is 1. The van der Waals surface area contributed by atoms with Gasteiger partial charge in [0.15, 0.2) is 0 Å². The number of carbonyl (C=O) groups excluding carboxylic acids is 1. The zero-order valence-electron chi connectivity index (χ0n) is 13.6. The first-order valence-corrected chi connectivity index (χ1v) is 8.51. The van der Waals surface area contributed by atoms with Crippen LogP contribution in [0.4, 0.5) is 9.18 Å². The molecule has 1 atom stereocenters. The number of nitrogens with one attached hydrogen (secondary N) is 1. The standard InChI is InChI=1S/C18H25FN2O2/c1-2-18(12-22)7-9-21(10-8-18)17(23)20-16-6-3-13-11-14(19)4-5-15(13)16/h4-5,11,16,22H,2-3,6-10,12H2,1H3,(H,20,23). The van der Waals surface area contributed by atoms with Crippen LogP contribution in [0.2, 0.25) is 0 Å². The predicted octanol–water partition coefficient (Wildman–Crippen LogP) is 3.01. The largest absolute Gasteiger partial charge is 0.396 e. The quantitative estimate of drug-likeness (QED) is 0.899. The van der Waals surface area contributed by atoms with Crippen LogP contribution in [0.5, 0.6) is 0 Å². The molecular weight excluding hydrogens is 295 g/mol. The number of aliphatic hydroxyl groups is 1. The average Bonchev–Trinajstić information content (AvgIpc) is 2.96. The summed E-state index contributed by atoms with van der Waals surface area (Å²) in [6.45, 7) is 3.66. The molecule has 126 valence electrons. The van der Waals surface area contributed by atoms with Crippen LogP contribution in [0.3, 0.4) is 0 Å². The topological polar surface area (TPSA) is 52.6 Å². The Balaban J connectivity index is 1.59. The number of hydrogen-bond acceptors (Lipinski definition) is 2. The van der Waals surface area contributed by atoms with Crippen molar-refractivity contribution in [1.82, 2.24) is 10.2 Å². The fourth-order valence-electron chi connectivity index (χ4n) is 3.78. The van der Waals surface area contributed by atoms with Crippen molar-refractivity contribution in [3.63, 3.8) is 0 Å². The maximum absolute atomic E-state index is 13.3. The van der Waals surface area contributed by atoms with Gasteiger partial charge in [0.2, 0.25) is 0 Å². The summed E-state index contributed by atoms with van der Waals surface area (Å²) in [6, 6.07) is 4.75. The van der Waals surface area contributed by atoms with E-state index in [4.69, 9.17) is 0 Å². The molecule has 1 aromatic rings. The predicted molar refractivity (Wildman–Crippen MR) is 86.6 cm³/mol. The highest BCUT2D eigenvalue weighted by Crippen LogP contribution is 2.35. The maximum atomic E-state index is 13.3. The van der Waals surface area contributed by atoms with Crippen molar-refractivity contribution in [1.29, 1.82) is 0 Å². The van der Waals surface area contributed by atoms with E-state index in [9.17, 15) is 14.3 Å². The summed E-state index contributed by atoms with van der Waals surface area (Å²) in [5.41, 5.74) is 2.02. The maximum Gasteiger partial charge on any atom is 0.317 e. The Labute approximate surface area is 136 Å². The number of aliphatic hydroxyl groups excluding tert-OH is 1. The summed E-state index contributed by atoms with van der Waals surface area (Å²) in [4.78, 5) is 14.3. The minimum Gasteiger partial charge on any atom is -0.396 e. The van der Waals surface area contributed by atoms with Gasteiger partial charge in [-0.05, 0) is 60.8 Å². The summed E-state index contributed by atoms with van der Waals surface area (Å²) < 4.78 is 13.3. The number of urea groups is 1. The molecule has 4 nitrogen and oxygen atoms in total. The van der Waals surface area contributed by atoms with Gasteiger partial charge in [0.25, 0.3) is 0 Å². The molecule has 3 rings (SSSR count). The second-order valence-electron chi connectivity index (χ2n) is 6.88. The van der Waals surface area contributed by atoms with Gasteiger partial charge in [-0.1, -0.05) is 13.0 Å². The van der Waals surface area contributed by atoms with Gasteiger partial charge in [-0.15, -0.1) is 0 Å². The molecule has 0 saturated carbocycles. The second kappa shape index (κ2) is 6.48. The lowest BCUT2D eigenvalue weighted by molar-refractivity contribution is 0.0515. The molecule has 5 heteroatoms. The highest BCUT2D eigenvalue weighted by atomic mass is 19.1. The average molecular weight is 320 g/mol. The molecule has 1 saturated heterocycles. The van der Waals surface area contributed by atoms with E-state index < -0.39 is 0 Å². The van der Waals surface area contributed by atoms with E-state index in [-0.39, 0.29) is 29.9 Å². The number of nitrogens with zero attached hydrogens (tertiary/aromatic N) is 1. The van der Waals surface area contributed by atoms with Gasteiger partial charge in [0, 0.05) is 19.7 Å². The van der Waals surface area contributed by atoms with Crippen molar-refractivity contribution in [2.75, 3.05) is 19.7 Å². The van der Waals surface area contributed by atoms with Crippen molar-refractivity contribution in [2.24, 2.45) is 5.41 Å². The highest BCUT2D eigenvalue weighted by molar-refractivity contribution is 5.75. The van der Waals surface area contributed by atoms with Crippen LogP contribution in [-0.4, -0.2) is 35.7 Å². The molecule has 0 aromatic heterocycles. The molecular formula is C18H25FN2O2. The Bertz CT molecular complexity index is 576. The lowest BCUT2D eigenvalue weighted by atomic mass is 9.77. The first-order valence-electron chi connectivity index (χ1n) is 8.51. The Morgan fingerprint density at radius 2 is 2.17 bits per heavy atom. The first kappa shape index (κ1) is 16.2. The van der Waals surface area contributed by atoms with Crippen molar-refractivity contribution in [3.8, 4) is 0 Å². The smallest absolute Gasteiger partial charge is 0.317 e. The number of hydrogen-bond donors (Lipinski definition) is 2. The zero-order chi connectivity index (χ0) is 16.4. The van der Waals surface area contributed by atoms with Gasteiger partial charge >= 0.3 is 6.03 Å². The van der Waals surface area contributed by atoms with E-state index >= 15 is 0 Å². The van der Waals surface area contributed by atoms with Crippen LogP contribution in [0.1, 0.15) is 49.8 Å². The minimum atomic E-state index is -0.216. The van der Waals surface area contributed by atoms with E-state index in [1.54, 1.807) is 12.1 Å². The molecule has 0 radical (unpaired) electrons. The zero-order valence-corrected chi connectivity index (χ0v) is 13.6. The van der Waals surface area contributed by atoms with Crippen molar-refractivity contribution >= 4 is 6.03 Å². The fourth-order valence-corrected chi connectivity index (χ4v) is 3.78. The van der Waals surface area contributed by atoms with E-state index in [1.165, 1.54) is 6.07 Å². The lowest BCUT2D eigenvalue weighted by Gasteiger charge is -2.40. The number of amides is 2. The number of likely N-dealkylation sites (tertiary alicyclic amines) is 1. The van der Waals surface area contributed by atoms with E-state index in [0.29, 0.717) is 13.1 Å². The van der Waals surface area contributed by atoms with Gasteiger partial charge in [-0.3, -0.25) is 0 Å². The molecule has 1 aromatic carbocycles. The summed E-state index contributed by atoms with van der Waals surface area (Å²) >= 11 is 0. The summed E-state index contributed by atoms with van der Waals surface area (Å²) in [6.07, 6.45) is 4.27. The third-order valence-electron chi connectivity index (χ3n) is 5.68. The van der Waals surface area contributed by atoms with Crippen LogP contribution in [0, 0.1) is 11.2 Å². The minimum absolute atomic E-state index is 0.0196. The van der Waals surface area contributed by atoms with Crippen LogP contribution in [0.25, 0.3) is 0 Å². The molecule has 0 spiro atoms. The van der Waals surface area contributed by atoms with Crippen LogP contribution < -0.4 is 5.32 Å².